The summed E-state index contributed by atoms with van der Waals surface area (Å²) in [6.45, 7) is -2.77. The average Bonchev–Trinajstić information content (AvgIpc) is 3.66. The van der Waals surface area contributed by atoms with Crippen LogP contribution in [-0.4, -0.2) is 63.3 Å². The molecule has 2 atom stereocenters. The Kier molecular flexibility index (Phi) is 10.6. The highest BCUT2D eigenvalue weighted by molar-refractivity contribution is 6.31. The number of hydrogen-bond acceptors (Lipinski definition) is 8. The average molecular weight is 798 g/mol. The molecule has 2 fully saturated rings. The molecule has 2 aliphatic heterocycles. The maximum Gasteiger partial charge on any atom is 0.416 e. The molecule has 4 aromatic rings. The first-order valence-electron chi connectivity index (χ1n) is 16.0. The Hall–Kier alpha value is -4.83. The summed E-state index contributed by atoms with van der Waals surface area (Å²) in [6, 6.07) is 13.8. The summed E-state index contributed by atoms with van der Waals surface area (Å²) in [5.74, 6) is -3.50. The van der Waals surface area contributed by atoms with Gasteiger partial charge in [0.15, 0.2) is 0 Å². The Bertz CT molecular complexity index is 2080. The molecule has 0 N–H and O–H groups in total. The molecule has 2 unspecified atom stereocenters. The van der Waals surface area contributed by atoms with Gasteiger partial charge in [-0.05, 0) is 54.1 Å². The van der Waals surface area contributed by atoms with Crippen LogP contribution in [0.25, 0.3) is 0 Å². The van der Waals surface area contributed by atoms with E-state index in [1.165, 1.54) is 69.7 Å². The summed E-state index contributed by atoms with van der Waals surface area (Å²) in [6.07, 6.45) is -4.96. The first-order valence-corrected chi connectivity index (χ1v) is 16.7. The lowest BCUT2D eigenvalue weighted by atomic mass is 9.80. The van der Waals surface area contributed by atoms with Crippen molar-refractivity contribution in [1.82, 2.24) is 9.80 Å². The van der Waals surface area contributed by atoms with E-state index < -0.39 is 83.5 Å². The monoisotopic (exact) mass is 796 g/mol. The Morgan fingerprint density at radius 3 is 1.57 bits per heavy atom. The minimum atomic E-state index is -4.96. The number of halogens is 7. The SMILES string of the molecule is COc1cccc(OC)c1C1(C2(c3c(OC)cccc3OC)OCC(=O)N2Cc2cc(C(F)(F)F)cc(Cl)c2F)OCC(=O)N1Cc1ccc(F)c(Cl)c1. The normalized spacial score (nSPS) is 20.1. The minimum absolute atomic E-state index is 0.00226. The van der Waals surface area contributed by atoms with Crippen molar-refractivity contribution in [2.24, 2.45) is 0 Å². The predicted molar refractivity (Wildman–Crippen MR) is 183 cm³/mol. The number of alkyl halides is 3. The van der Waals surface area contributed by atoms with Crippen molar-refractivity contribution in [3.8, 4) is 23.0 Å². The molecule has 54 heavy (non-hydrogen) atoms. The van der Waals surface area contributed by atoms with Crippen molar-refractivity contribution >= 4 is 35.0 Å². The third-order valence-electron chi connectivity index (χ3n) is 9.25. The maximum atomic E-state index is 15.9. The number of ether oxygens (including phenoxy) is 6. The fourth-order valence-electron chi connectivity index (χ4n) is 6.99. The van der Waals surface area contributed by atoms with Crippen LogP contribution in [0.3, 0.4) is 0 Å². The standard InChI is InChI=1S/C37H31Cl2F5N2O8/c1-49-26-7-5-8-27(50-2)32(26)35(45(30(47)18-53-35)16-20-11-12-25(40)23(38)13-20)36(33-28(51-3)9-6-10-29(33)52-4)46(31(48)19-54-36)17-21-14-22(37(42,43)44)15-24(39)34(21)41/h5-15H,16-19H2,1-4H3. The van der Waals surface area contributed by atoms with E-state index in [2.05, 4.69) is 0 Å². The van der Waals surface area contributed by atoms with E-state index in [0.717, 1.165) is 11.0 Å². The fourth-order valence-corrected chi connectivity index (χ4v) is 7.44. The van der Waals surface area contributed by atoms with E-state index in [0.29, 0.717) is 12.1 Å². The van der Waals surface area contributed by atoms with E-state index in [-0.39, 0.29) is 44.7 Å². The molecule has 10 nitrogen and oxygen atoms in total. The van der Waals surface area contributed by atoms with Gasteiger partial charge < -0.3 is 28.4 Å². The van der Waals surface area contributed by atoms with Gasteiger partial charge in [-0.25, -0.2) is 8.78 Å². The molecule has 6 rings (SSSR count). The van der Waals surface area contributed by atoms with Gasteiger partial charge in [0, 0.05) is 12.1 Å². The second-order valence-corrected chi connectivity index (χ2v) is 12.9. The summed E-state index contributed by atoms with van der Waals surface area (Å²) < 4.78 is 109. The van der Waals surface area contributed by atoms with Gasteiger partial charge in [0.2, 0.25) is 11.4 Å². The lowest BCUT2D eigenvalue weighted by Crippen LogP contribution is -2.65. The highest BCUT2D eigenvalue weighted by Crippen LogP contribution is 2.62. The van der Waals surface area contributed by atoms with Crippen LogP contribution in [0.1, 0.15) is 27.8 Å². The number of benzene rings is 4. The summed E-state index contributed by atoms with van der Waals surface area (Å²) in [7, 11) is 5.24. The Morgan fingerprint density at radius 1 is 0.685 bits per heavy atom. The molecule has 0 bridgehead atoms. The van der Waals surface area contributed by atoms with E-state index in [1.54, 1.807) is 12.1 Å². The molecule has 0 radical (unpaired) electrons. The predicted octanol–water partition coefficient (Wildman–Crippen LogP) is 7.45. The second-order valence-electron chi connectivity index (χ2n) is 12.1. The van der Waals surface area contributed by atoms with Crippen molar-refractivity contribution in [2.75, 3.05) is 41.7 Å². The molecule has 2 amide bonds. The molecule has 17 heteroatoms. The third kappa shape index (κ3) is 6.22. The van der Waals surface area contributed by atoms with E-state index in [1.807, 2.05) is 0 Å². The van der Waals surface area contributed by atoms with Gasteiger partial charge in [0.05, 0.1) is 61.7 Å². The quantitative estimate of drug-likeness (QED) is 0.145. The number of nitrogens with zero attached hydrogens (tertiary/aromatic N) is 2. The van der Waals surface area contributed by atoms with E-state index in [4.69, 9.17) is 51.6 Å². The lowest BCUT2D eigenvalue weighted by Gasteiger charge is -2.53. The van der Waals surface area contributed by atoms with Gasteiger partial charge in [-0.1, -0.05) is 41.4 Å². The topological polar surface area (TPSA) is 96.0 Å². The van der Waals surface area contributed by atoms with Crippen LogP contribution < -0.4 is 18.9 Å². The Balaban J connectivity index is 1.78. The number of rotatable bonds is 11. The van der Waals surface area contributed by atoms with Gasteiger partial charge >= 0.3 is 6.18 Å². The molecule has 0 saturated carbocycles. The van der Waals surface area contributed by atoms with Crippen LogP contribution in [0, 0.1) is 11.6 Å². The zero-order chi connectivity index (χ0) is 39.2. The number of carbonyl (C=O) groups excluding carboxylic acids is 2. The van der Waals surface area contributed by atoms with Crippen molar-refractivity contribution in [2.45, 2.75) is 30.7 Å². The molecule has 0 spiro atoms. The van der Waals surface area contributed by atoms with Gasteiger partial charge in [-0.3, -0.25) is 19.4 Å². The van der Waals surface area contributed by atoms with E-state index in [9.17, 15) is 27.2 Å². The van der Waals surface area contributed by atoms with Crippen molar-refractivity contribution < 1.29 is 60.0 Å². The molecule has 2 saturated heterocycles. The fraction of sp³-hybridized carbons (Fsp3) is 0.297. The number of hydrogen-bond donors (Lipinski definition) is 0. The summed E-state index contributed by atoms with van der Waals surface area (Å²) in [5.41, 5.74) is -6.78. The summed E-state index contributed by atoms with van der Waals surface area (Å²) in [4.78, 5) is 30.8. The molecular weight excluding hydrogens is 766 g/mol. The van der Waals surface area contributed by atoms with Crippen LogP contribution in [0.5, 0.6) is 23.0 Å². The third-order valence-corrected chi connectivity index (χ3v) is 9.81. The van der Waals surface area contributed by atoms with Gasteiger partial charge in [0.25, 0.3) is 11.8 Å². The van der Waals surface area contributed by atoms with Gasteiger partial charge in [-0.2, -0.15) is 13.2 Å². The Labute approximate surface area is 315 Å². The van der Waals surface area contributed by atoms with Crippen molar-refractivity contribution in [3.05, 3.63) is 116 Å². The van der Waals surface area contributed by atoms with Crippen LogP contribution in [-0.2, 0) is 49.8 Å². The van der Waals surface area contributed by atoms with Crippen molar-refractivity contribution in [3.63, 3.8) is 0 Å². The minimum Gasteiger partial charge on any atom is -0.496 e. The molecule has 4 aromatic carbocycles. The lowest BCUT2D eigenvalue weighted by molar-refractivity contribution is -0.286. The van der Waals surface area contributed by atoms with Crippen molar-refractivity contribution in [1.29, 1.82) is 0 Å². The second kappa shape index (κ2) is 14.8. The van der Waals surface area contributed by atoms with Crippen LogP contribution in [0.4, 0.5) is 22.0 Å². The highest BCUT2D eigenvalue weighted by atomic mass is 35.5. The molecule has 2 aliphatic rings. The molecule has 0 aromatic heterocycles. The first-order chi connectivity index (χ1) is 25.7. The highest BCUT2D eigenvalue weighted by Gasteiger charge is 2.73. The smallest absolute Gasteiger partial charge is 0.416 e. The van der Waals surface area contributed by atoms with Crippen LogP contribution in [0.2, 0.25) is 10.0 Å². The van der Waals surface area contributed by atoms with Crippen LogP contribution in [0.15, 0.2) is 66.7 Å². The number of amides is 2. The van der Waals surface area contributed by atoms with Crippen LogP contribution >= 0.6 is 23.2 Å². The van der Waals surface area contributed by atoms with Gasteiger partial charge in [-0.15, -0.1) is 0 Å². The molecule has 2 heterocycles. The van der Waals surface area contributed by atoms with E-state index >= 15 is 4.39 Å². The molecule has 0 aliphatic carbocycles. The summed E-state index contributed by atoms with van der Waals surface area (Å²) in [5, 5.41) is -1.14. The Morgan fingerprint density at radius 2 is 1.15 bits per heavy atom. The zero-order valence-corrected chi connectivity index (χ0v) is 30.5. The maximum absolute atomic E-state index is 15.9. The molecule has 286 valence electrons. The zero-order valence-electron chi connectivity index (χ0n) is 29.0. The largest absolute Gasteiger partial charge is 0.496 e. The number of carbonyl (C=O) groups is 2. The van der Waals surface area contributed by atoms with Gasteiger partial charge in [0.1, 0.15) is 47.8 Å². The first kappa shape index (κ1) is 38.9. The number of methoxy groups -OCH3 is 4. The molecular formula is C37H31Cl2F5N2O8. The summed E-state index contributed by atoms with van der Waals surface area (Å²) >= 11 is 12.2.